The van der Waals surface area contributed by atoms with Crippen molar-refractivity contribution >= 4 is 20.8 Å². The van der Waals surface area contributed by atoms with E-state index in [1.165, 1.54) is 0 Å². The third-order valence-electron chi connectivity index (χ3n) is 5.63. The van der Waals surface area contributed by atoms with Gasteiger partial charge in [-0.15, -0.1) is 0 Å². The lowest BCUT2D eigenvalue weighted by molar-refractivity contribution is 0.199. The van der Waals surface area contributed by atoms with Gasteiger partial charge in [0.2, 0.25) is 5.88 Å². The summed E-state index contributed by atoms with van der Waals surface area (Å²) in [6.45, 7) is 3.62. The Labute approximate surface area is 216 Å². The summed E-state index contributed by atoms with van der Waals surface area (Å²) in [5, 5.41) is 10.6. The zero-order valence-corrected chi connectivity index (χ0v) is 21.9. The van der Waals surface area contributed by atoms with E-state index < -0.39 is 16.0 Å². The second-order valence-electron chi connectivity index (χ2n) is 8.38. The number of methoxy groups -OCH3 is 2. The number of aliphatic hydroxyl groups excluding tert-OH is 1. The van der Waals surface area contributed by atoms with Crippen molar-refractivity contribution in [2.24, 2.45) is 4.36 Å². The predicted molar refractivity (Wildman–Crippen MR) is 143 cm³/mol. The minimum atomic E-state index is -3.07. The Morgan fingerprint density at radius 3 is 2.24 bits per heavy atom. The number of aliphatic hydroxyl groups is 1. The molecule has 2 N–H and O–H groups in total. The molecule has 194 valence electrons. The van der Waals surface area contributed by atoms with Gasteiger partial charge in [-0.2, -0.15) is 0 Å². The Morgan fingerprint density at radius 2 is 1.59 bits per heavy atom. The third-order valence-corrected chi connectivity index (χ3v) is 7.71. The second kappa shape index (κ2) is 11.5. The quantitative estimate of drug-likeness (QED) is 0.304. The zero-order chi connectivity index (χ0) is 26.4. The minimum absolute atomic E-state index is 0.120. The Hall–Kier alpha value is -3.73. The first-order valence-electron chi connectivity index (χ1n) is 11.7. The van der Waals surface area contributed by atoms with Crippen LogP contribution in [0.2, 0.25) is 0 Å². The molecule has 0 aliphatic carbocycles. The summed E-state index contributed by atoms with van der Waals surface area (Å²) in [5.74, 6) is 2.28. The Balaban J connectivity index is 1.64. The third kappa shape index (κ3) is 6.16. The summed E-state index contributed by atoms with van der Waals surface area (Å²) < 4.78 is 38.3. The molecule has 3 atom stereocenters. The van der Waals surface area contributed by atoms with Crippen LogP contribution in [-0.2, 0) is 9.92 Å². The van der Waals surface area contributed by atoms with E-state index in [-0.39, 0.29) is 12.6 Å². The summed E-state index contributed by atoms with van der Waals surface area (Å²) >= 11 is 0. The van der Waals surface area contributed by atoms with Crippen LogP contribution in [0.25, 0.3) is 10.9 Å². The predicted octanol–water partition coefficient (Wildman–Crippen LogP) is 4.91. The highest BCUT2D eigenvalue weighted by Crippen LogP contribution is 2.32. The van der Waals surface area contributed by atoms with Crippen LogP contribution in [0.5, 0.6) is 23.1 Å². The van der Waals surface area contributed by atoms with Gasteiger partial charge in [0.25, 0.3) is 0 Å². The van der Waals surface area contributed by atoms with Crippen LogP contribution in [0.15, 0.2) is 82.3 Å². The molecule has 0 fully saturated rings. The minimum Gasteiger partial charge on any atom is -0.497 e. The molecule has 0 radical (unpaired) electrons. The van der Waals surface area contributed by atoms with Crippen molar-refractivity contribution in [3.8, 4) is 23.1 Å². The molecule has 2 heterocycles. The van der Waals surface area contributed by atoms with E-state index in [1.54, 1.807) is 69.9 Å². The zero-order valence-electron chi connectivity index (χ0n) is 21.1. The molecule has 0 aliphatic heterocycles. The molecule has 0 amide bonds. The van der Waals surface area contributed by atoms with Gasteiger partial charge >= 0.3 is 0 Å². The molecule has 0 saturated heterocycles. The molecular weight excluding hydrogens is 492 g/mol. The highest BCUT2D eigenvalue weighted by Gasteiger charge is 2.17. The maximum absolute atomic E-state index is 14.0. The van der Waals surface area contributed by atoms with Crippen LogP contribution in [-0.4, -0.2) is 46.2 Å². The van der Waals surface area contributed by atoms with E-state index >= 15 is 0 Å². The first-order chi connectivity index (χ1) is 17.8. The van der Waals surface area contributed by atoms with Crippen molar-refractivity contribution in [3.63, 3.8) is 0 Å². The SMILES string of the molecule is COc1ccc([C@@H](C)N=S(=O)(NC[C@@H](C)O)c2ccc(Oc3ccnc4c(OC)nccc34)cc2)cc1. The number of aromatic nitrogens is 2. The van der Waals surface area contributed by atoms with Crippen LogP contribution in [0, 0.1) is 0 Å². The van der Waals surface area contributed by atoms with Crippen LogP contribution < -0.4 is 18.9 Å². The van der Waals surface area contributed by atoms with Gasteiger partial charge in [0.15, 0.2) is 0 Å². The average molecular weight is 523 g/mol. The van der Waals surface area contributed by atoms with E-state index in [0.717, 1.165) is 16.7 Å². The van der Waals surface area contributed by atoms with Crippen LogP contribution in [0.1, 0.15) is 25.5 Å². The fourth-order valence-corrected chi connectivity index (χ4v) is 5.57. The van der Waals surface area contributed by atoms with Gasteiger partial charge in [-0.25, -0.2) is 18.3 Å². The molecule has 0 bridgehead atoms. The fraction of sp³-hybridized carbons (Fsp3) is 0.259. The molecule has 10 heteroatoms. The maximum atomic E-state index is 14.0. The number of rotatable bonds is 10. The monoisotopic (exact) mass is 522 g/mol. The highest BCUT2D eigenvalue weighted by molar-refractivity contribution is 7.91. The largest absolute Gasteiger partial charge is 0.497 e. The molecule has 0 spiro atoms. The summed E-state index contributed by atoms with van der Waals surface area (Å²) in [4.78, 5) is 9.00. The van der Waals surface area contributed by atoms with Gasteiger partial charge in [-0.1, -0.05) is 12.1 Å². The number of ether oxygens (including phenoxy) is 3. The topological polar surface area (TPSA) is 115 Å². The Morgan fingerprint density at radius 1 is 0.919 bits per heavy atom. The van der Waals surface area contributed by atoms with E-state index in [9.17, 15) is 9.32 Å². The molecule has 0 aliphatic rings. The summed E-state index contributed by atoms with van der Waals surface area (Å²) in [5.41, 5.74) is 1.48. The van der Waals surface area contributed by atoms with E-state index in [0.29, 0.717) is 27.8 Å². The highest BCUT2D eigenvalue weighted by atomic mass is 32.2. The van der Waals surface area contributed by atoms with Crippen molar-refractivity contribution in [2.75, 3.05) is 20.8 Å². The molecule has 9 nitrogen and oxygen atoms in total. The molecule has 4 rings (SSSR count). The number of pyridine rings is 2. The van der Waals surface area contributed by atoms with Crippen LogP contribution in [0.4, 0.5) is 0 Å². The lowest BCUT2D eigenvalue weighted by Gasteiger charge is -2.17. The average Bonchev–Trinajstić information content (AvgIpc) is 2.92. The maximum Gasteiger partial charge on any atom is 0.240 e. The molecular formula is C27H30N4O5S. The smallest absolute Gasteiger partial charge is 0.240 e. The van der Waals surface area contributed by atoms with E-state index in [2.05, 4.69) is 19.1 Å². The number of hydrogen-bond donors (Lipinski definition) is 2. The molecule has 37 heavy (non-hydrogen) atoms. The molecule has 2 aromatic carbocycles. The molecule has 1 unspecified atom stereocenters. The van der Waals surface area contributed by atoms with Gasteiger partial charge in [0.05, 0.1) is 36.6 Å². The van der Waals surface area contributed by atoms with Crippen molar-refractivity contribution in [1.29, 1.82) is 0 Å². The van der Waals surface area contributed by atoms with Gasteiger partial charge < -0.3 is 19.3 Å². The molecule has 0 saturated carbocycles. The number of nitrogens with one attached hydrogen (secondary N) is 1. The van der Waals surface area contributed by atoms with Crippen LogP contribution >= 0.6 is 0 Å². The van der Waals surface area contributed by atoms with Crippen LogP contribution in [0.3, 0.4) is 0 Å². The van der Waals surface area contributed by atoms with Crippen molar-refractivity contribution in [1.82, 2.24) is 14.7 Å². The Kier molecular flexibility index (Phi) is 8.22. The number of fused-ring (bicyclic) bond motifs is 1. The number of hydrogen-bond acceptors (Lipinski definition) is 8. The first-order valence-corrected chi connectivity index (χ1v) is 13.2. The van der Waals surface area contributed by atoms with Crippen molar-refractivity contribution < 1.29 is 23.5 Å². The van der Waals surface area contributed by atoms with E-state index in [1.807, 2.05) is 31.2 Å². The number of benzene rings is 2. The van der Waals surface area contributed by atoms with Gasteiger partial charge in [0.1, 0.15) is 32.7 Å². The Bertz CT molecular complexity index is 1470. The summed E-state index contributed by atoms with van der Waals surface area (Å²) in [6.07, 6.45) is 2.57. The van der Waals surface area contributed by atoms with Crippen molar-refractivity contribution in [2.45, 2.75) is 30.9 Å². The number of nitrogens with zero attached hydrogens (tertiary/aromatic N) is 3. The summed E-state index contributed by atoms with van der Waals surface area (Å²) in [7, 11) is 0.0806. The van der Waals surface area contributed by atoms with Gasteiger partial charge in [-0.3, -0.25) is 4.98 Å². The molecule has 2 aromatic heterocycles. The fourth-order valence-electron chi connectivity index (χ4n) is 3.67. The van der Waals surface area contributed by atoms with Gasteiger partial charge in [-0.05, 0) is 67.9 Å². The van der Waals surface area contributed by atoms with E-state index in [4.69, 9.17) is 14.2 Å². The normalized spacial score (nSPS) is 14.4. The molecule has 4 aromatic rings. The lowest BCUT2D eigenvalue weighted by Crippen LogP contribution is -2.31. The van der Waals surface area contributed by atoms with Gasteiger partial charge in [0, 0.05) is 18.9 Å². The first kappa shape index (κ1) is 26.3. The standard InChI is InChI=1S/C27H30N4O5S/c1-18(32)17-30-37(33,31-19(2)20-5-7-21(34-3)8-6-20)23-11-9-22(10-12-23)36-25-14-16-28-26-24(25)13-15-29-27(26)35-4/h5-16,18-19,32H,17H2,1-4H3,(H,30,31,33)/t18-,19-,37?/m1/s1. The van der Waals surface area contributed by atoms with Crippen molar-refractivity contribution in [3.05, 3.63) is 78.6 Å². The lowest BCUT2D eigenvalue weighted by atomic mass is 10.1. The second-order valence-corrected chi connectivity index (χ2v) is 10.4. The summed E-state index contributed by atoms with van der Waals surface area (Å²) in [6, 6.07) is 17.5.